The molecule has 0 fully saturated rings. The van der Waals surface area contributed by atoms with Crippen molar-refractivity contribution >= 4 is 0 Å². The summed E-state index contributed by atoms with van der Waals surface area (Å²) in [6, 6.07) is 12.8. The number of aromatic nitrogens is 1. The lowest BCUT2D eigenvalue weighted by Gasteiger charge is -2.33. The molecular weight excluding hydrogens is 234 g/mol. The van der Waals surface area contributed by atoms with Gasteiger partial charge in [-0.2, -0.15) is 0 Å². The van der Waals surface area contributed by atoms with Crippen molar-refractivity contribution in [2.24, 2.45) is 5.84 Å². The molecule has 2 unspecified atom stereocenters. The molecule has 0 radical (unpaired) electrons. The molecule has 0 bridgehead atoms. The zero-order valence-corrected chi connectivity index (χ0v) is 11.1. The Balaban J connectivity index is 1.78. The molecule has 3 nitrogen and oxygen atoms in total. The van der Waals surface area contributed by atoms with Gasteiger partial charge in [0.25, 0.3) is 0 Å². The van der Waals surface area contributed by atoms with Crippen molar-refractivity contribution in [1.29, 1.82) is 0 Å². The van der Waals surface area contributed by atoms with E-state index in [-0.39, 0.29) is 6.04 Å². The molecule has 3 heteroatoms. The number of aryl methyl sites for hydroxylation is 1. The van der Waals surface area contributed by atoms with Crippen LogP contribution in [0.3, 0.4) is 0 Å². The van der Waals surface area contributed by atoms with Gasteiger partial charge in [0, 0.05) is 6.20 Å². The lowest BCUT2D eigenvalue weighted by molar-refractivity contribution is 0.427. The van der Waals surface area contributed by atoms with Crippen molar-refractivity contribution in [2.75, 3.05) is 0 Å². The Hall–Kier alpha value is -1.71. The van der Waals surface area contributed by atoms with Gasteiger partial charge in [-0.25, -0.2) is 0 Å². The summed E-state index contributed by atoms with van der Waals surface area (Å²) in [5.74, 6) is 6.33. The van der Waals surface area contributed by atoms with Crippen LogP contribution in [0.25, 0.3) is 0 Å². The topological polar surface area (TPSA) is 50.9 Å². The van der Waals surface area contributed by atoms with Crippen LogP contribution in [0.1, 0.15) is 40.8 Å². The lowest BCUT2D eigenvalue weighted by Crippen LogP contribution is -2.32. The largest absolute Gasteiger partial charge is 0.271 e. The smallest absolute Gasteiger partial charge is 0.0640 e. The summed E-state index contributed by atoms with van der Waals surface area (Å²) in [5, 5.41) is 0. The minimum absolute atomic E-state index is 0.125. The van der Waals surface area contributed by atoms with Gasteiger partial charge in [-0.15, -0.1) is 0 Å². The molecule has 2 aromatic rings. The number of rotatable bonds is 4. The van der Waals surface area contributed by atoms with Crippen molar-refractivity contribution in [3.63, 3.8) is 0 Å². The quantitative estimate of drug-likeness (QED) is 0.650. The van der Waals surface area contributed by atoms with Crippen LogP contribution in [0.4, 0.5) is 0 Å². The summed E-state index contributed by atoms with van der Waals surface area (Å²) in [4.78, 5) is 4.47. The molecular formula is C16H19N3. The number of nitrogens with two attached hydrogens (primary N) is 1. The number of nitrogens with zero attached hydrogens (tertiary/aromatic N) is 1. The van der Waals surface area contributed by atoms with E-state index in [0.29, 0.717) is 5.92 Å². The molecule has 1 heterocycles. The molecule has 0 aliphatic heterocycles. The Bertz CT molecular complexity index is 580. The molecule has 1 aliphatic carbocycles. The van der Waals surface area contributed by atoms with E-state index in [1.165, 1.54) is 16.7 Å². The second-order valence-corrected chi connectivity index (χ2v) is 5.26. The van der Waals surface area contributed by atoms with E-state index >= 15 is 0 Å². The van der Waals surface area contributed by atoms with Crippen LogP contribution >= 0.6 is 0 Å². The highest BCUT2D eigenvalue weighted by molar-refractivity contribution is 5.40. The highest BCUT2D eigenvalue weighted by Gasteiger charge is 2.29. The van der Waals surface area contributed by atoms with E-state index in [1.807, 2.05) is 12.3 Å². The summed E-state index contributed by atoms with van der Waals surface area (Å²) in [6.45, 7) is 2.08. The van der Waals surface area contributed by atoms with Crippen molar-refractivity contribution in [1.82, 2.24) is 10.4 Å². The fraction of sp³-hybridized carbons (Fsp3) is 0.312. The van der Waals surface area contributed by atoms with Crippen molar-refractivity contribution in [3.05, 3.63) is 65.0 Å². The highest BCUT2D eigenvalue weighted by atomic mass is 15.2. The number of fused-ring (bicyclic) bond motifs is 1. The first kappa shape index (κ1) is 12.3. The molecule has 2 atom stereocenters. The zero-order chi connectivity index (χ0) is 13.2. The highest BCUT2D eigenvalue weighted by Crippen LogP contribution is 2.40. The van der Waals surface area contributed by atoms with Crippen LogP contribution in [0.2, 0.25) is 0 Å². The Morgan fingerprint density at radius 2 is 2.16 bits per heavy atom. The maximum Gasteiger partial charge on any atom is 0.0640 e. The second kappa shape index (κ2) is 5.11. The van der Waals surface area contributed by atoms with Gasteiger partial charge in [0.15, 0.2) is 0 Å². The zero-order valence-electron chi connectivity index (χ0n) is 11.1. The molecule has 0 spiro atoms. The van der Waals surface area contributed by atoms with Crippen LogP contribution in [-0.4, -0.2) is 4.98 Å². The van der Waals surface area contributed by atoms with E-state index in [9.17, 15) is 0 Å². The summed E-state index contributed by atoms with van der Waals surface area (Å²) in [7, 11) is 0. The van der Waals surface area contributed by atoms with Crippen LogP contribution < -0.4 is 11.3 Å². The Kier molecular flexibility index (Phi) is 3.32. The van der Waals surface area contributed by atoms with Crippen LogP contribution in [-0.2, 0) is 6.42 Å². The average Bonchev–Trinajstić information content (AvgIpc) is 2.42. The Morgan fingerprint density at radius 1 is 1.32 bits per heavy atom. The molecule has 1 aromatic carbocycles. The standard InChI is InChI=1S/C16H19N3/c1-11-5-4-8-18-16(11)15(19-17)10-13-9-12-6-2-3-7-14(12)13/h2-8,13,15,19H,9-10,17H2,1H3. The van der Waals surface area contributed by atoms with Crippen LogP contribution in [0.5, 0.6) is 0 Å². The fourth-order valence-electron chi connectivity index (χ4n) is 2.98. The van der Waals surface area contributed by atoms with Gasteiger partial charge >= 0.3 is 0 Å². The average molecular weight is 253 g/mol. The molecule has 3 N–H and O–H groups in total. The monoisotopic (exact) mass is 253 g/mol. The van der Waals surface area contributed by atoms with Gasteiger partial charge in [-0.1, -0.05) is 30.3 Å². The molecule has 1 aliphatic rings. The van der Waals surface area contributed by atoms with Gasteiger partial charge in [-0.05, 0) is 48.4 Å². The van der Waals surface area contributed by atoms with E-state index in [1.54, 1.807) is 0 Å². The van der Waals surface area contributed by atoms with Crippen molar-refractivity contribution in [3.8, 4) is 0 Å². The number of hydrogen-bond donors (Lipinski definition) is 2. The molecule has 1 aromatic heterocycles. The predicted octanol–water partition coefficient (Wildman–Crippen LogP) is 2.62. The maximum atomic E-state index is 5.73. The lowest BCUT2D eigenvalue weighted by atomic mass is 9.74. The van der Waals surface area contributed by atoms with Crippen LogP contribution in [0, 0.1) is 6.92 Å². The number of hydrazine groups is 1. The van der Waals surface area contributed by atoms with E-state index in [2.05, 4.69) is 47.7 Å². The van der Waals surface area contributed by atoms with Crippen molar-refractivity contribution in [2.45, 2.75) is 31.7 Å². The number of benzene rings is 1. The van der Waals surface area contributed by atoms with E-state index in [0.717, 1.165) is 18.5 Å². The Labute approximate surface area is 113 Å². The molecule has 0 amide bonds. The number of pyridine rings is 1. The van der Waals surface area contributed by atoms with E-state index < -0.39 is 0 Å². The SMILES string of the molecule is Cc1cccnc1C(CC1Cc2ccccc21)NN. The molecule has 19 heavy (non-hydrogen) atoms. The van der Waals surface area contributed by atoms with Crippen molar-refractivity contribution < 1.29 is 0 Å². The third-order valence-electron chi connectivity index (χ3n) is 4.06. The van der Waals surface area contributed by atoms with Gasteiger partial charge in [0.05, 0.1) is 11.7 Å². The Morgan fingerprint density at radius 3 is 2.89 bits per heavy atom. The molecule has 0 saturated heterocycles. The predicted molar refractivity (Wildman–Crippen MR) is 76.5 cm³/mol. The first-order valence-corrected chi connectivity index (χ1v) is 6.75. The van der Waals surface area contributed by atoms with E-state index in [4.69, 9.17) is 5.84 Å². The minimum Gasteiger partial charge on any atom is -0.271 e. The first-order chi connectivity index (χ1) is 9.29. The molecule has 3 rings (SSSR count). The van der Waals surface area contributed by atoms with Gasteiger partial charge in [0.1, 0.15) is 0 Å². The summed E-state index contributed by atoms with van der Waals surface area (Å²) in [5.41, 5.74) is 8.13. The summed E-state index contributed by atoms with van der Waals surface area (Å²) < 4.78 is 0. The number of hydrogen-bond acceptors (Lipinski definition) is 3. The van der Waals surface area contributed by atoms with Gasteiger partial charge < -0.3 is 0 Å². The van der Waals surface area contributed by atoms with Crippen LogP contribution in [0.15, 0.2) is 42.6 Å². The fourth-order valence-corrected chi connectivity index (χ4v) is 2.98. The second-order valence-electron chi connectivity index (χ2n) is 5.26. The molecule has 0 saturated carbocycles. The maximum absolute atomic E-state index is 5.73. The summed E-state index contributed by atoms with van der Waals surface area (Å²) in [6.07, 6.45) is 3.99. The number of nitrogens with one attached hydrogen (secondary N) is 1. The minimum atomic E-state index is 0.125. The first-order valence-electron chi connectivity index (χ1n) is 6.75. The van der Waals surface area contributed by atoms with Gasteiger partial charge in [-0.3, -0.25) is 16.3 Å². The third-order valence-corrected chi connectivity index (χ3v) is 4.06. The third kappa shape index (κ3) is 2.27. The summed E-state index contributed by atoms with van der Waals surface area (Å²) >= 11 is 0. The van der Waals surface area contributed by atoms with Gasteiger partial charge in [0.2, 0.25) is 0 Å². The molecule has 98 valence electrons. The normalized spacial score (nSPS) is 18.5.